The predicted molar refractivity (Wildman–Crippen MR) is 75.9 cm³/mol. The highest BCUT2D eigenvalue weighted by molar-refractivity contribution is 5.83. The maximum atomic E-state index is 12.1. The van der Waals surface area contributed by atoms with Gasteiger partial charge >= 0.3 is 5.97 Å². The maximum absolute atomic E-state index is 12.1. The van der Waals surface area contributed by atoms with E-state index in [-0.39, 0.29) is 24.3 Å². The van der Waals surface area contributed by atoms with E-state index in [0.717, 1.165) is 11.3 Å². The third-order valence-electron chi connectivity index (χ3n) is 3.19. The van der Waals surface area contributed by atoms with E-state index in [9.17, 15) is 9.59 Å². The average molecular weight is 279 g/mol. The lowest BCUT2D eigenvalue weighted by Gasteiger charge is -2.17. The number of carboxylic acid groups (broad SMARTS) is 1. The summed E-state index contributed by atoms with van der Waals surface area (Å²) in [6.45, 7) is 3.63. The fourth-order valence-corrected chi connectivity index (χ4v) is 1.82. The number of carbonyl (C=O) groups excluding carboxylic acids is 1. The number of aliphatic carboxylic acids is 1. The molecule has 0 aliphatic carbocycles. The quantitative estimate of drug-likeness (QED) is 0.802. The summed E-state index contributed by atoms with van der Waals surface area (Å²) in [6, 6.07) is 7.18. The molecule has 5 heteroatoms. The predicted octanol–water partition coefficient (Wildman–Crippen LogP) is 2.17. The second-order valence-electron chi connectivity index (χ2n) is 4.84. The van der Waals surface area contributed by atoms with E-state index >= 15 is 0 Å². The summed E-state index contributed by atoms with van der Waals surface area (Å²) in [7, 11) is 1.59. The van der Waals surface area contributed by atoms with Crippen LogP contribution in [0, 0.1) is 0 Å². The molecule has 2 unspecified atom stereocenters. The zero-order valence-corrected chi connectivity index (χ0v) is 12.1. The summed E-state index contributed by atoms with van der Waals surface area (Å²) >= 11 is 0. The van der Waals surface area contributed by atoms with Crippen molar-refractivity contribution in [1.29, 1.82) is 0 Å². The first kappa shape index (κ1) is 16.0. The second-order valence-corrected chi connectivity index (χ2v) is 4.84. The Morgan fingerprint density at radius 1 is 1.25 bits per heavy atom. The number of hydrogen-bond acceptors (Lipinski definition) is 3. The van der Waals surface area contributed by atoms with Crippen molar-refractivity contribution in [3.8, 4) is 5.75 Å². The molecule has 0 radical (unpaired) electrons. The van der Waals surface area contributed by atoms with E-state index in [1.165, 1.54) is 0 Å². The Morgan fingerprint density at radius 3 is 2.35 bits per heavy atom. The summed E-state index contributed by atoms with van der Waals surface area (Å²) in [5, 5.41) is 11.4. The highest BCUT2D eigenvalue weighted by Crippen LogP contribution is 2.19. The van der Waals surface area contributed by atoms with Crippen LogP contribution in [-0.2, 0) is 9.59 Å². The summed E-state index contributed by atoms with van der Waals surface area (Å²) in [4.78, 5) is 22.5. The van der Waals surface area contributed by atoms with Crippen molar-refractivity contribution in [3.05, 3.63) is 29.8 Å². The van der Waals surface area contributed by atoms with Gasteiger partial charge in [-0.1, -0.05) is 12.1 Å². The fraction of sp³-hybridized carbons (Fsp3) is 0.467. The molecule has 0 fully saturated rings. The molecule has 5 nitrogen and oxygen atoms in total. The van der Waals surface area contributed by atoms with Crippen LogP contribution >= 0.6 is 0 Å². The molecular weight excluding hydrogens is 258 g/mol. The van der Waals surface area contributed by atoms with Gasteiger partial charge in [0.1, 0.15) is 5.75 Å². The van der Waals surface area contributed by atoms with Gasteiger partial charge in [-0.05, 0) is 38.0 Å². The van der Waals surface area contributed by atoms with Crippen molar-refractivity contribution < 1.29 is 19.4 Å². The molecule has 20 heavy (non-hydrogen) atoms. The largest absolute Gasteiger partial charge is 0.497 e. The zero-order chi connectivity index (χ0) is 15.1. The van der Waals surface area contributed by atoms with Gasteiger partial charge in [-0.2, -0.15) is 0 Å². The monoisotopic (exact) mass is 279 g/mol. The Morgan fingerprint density at radius 2 is 1.85 bits per heavy atom. The lowest BCUT2D eigenvalue weighted by molar-refractivity contribution is -0.137. The minimum atomic E-state index is -0.852. The minimum Gasteiger partial charge on any atom is -0.497 e. The van der Waals surface area contributed by atoms with Gasteiger partial charge in [-0.15, -0.1) is 0 Å². The van der Waals surface area contributed by atoms with Crippen LogP contribution in [0.1, 0.15) is 38.2 Å². The van der Waals surface area contributed by atoms with Gasteiger partial charge in [0.2, 0.25) is 5.91 Å². The van der Waals surface area contributed by atoms with Gasteiger partial charge in [0.25, 0.3) is 0 Å². The van der Waals surface area contributed by atoms with E-state index < -0.39 is 5.97 Å². The molecule has 0 aromatic heterocycles. The van der Waals surface area contributed by atoms with Crippen LogP contribution in [0.25, 0.3) is 0 Å². The average Bonchev–Trinajstić information content (AvgIpc) is 2.44. The van der Waals surface area contributed by atoms with Crippen molar-refractivity contribution in [2.45, 2.75) is 38.6 Å². The van der Waals surface area contributed by atoms with E-state index in [4.69, 9.17) is 9.84 Å². The third kappa shape index (κ3) is 4.91. The number of carboxylic acids is 1. The van der Waals surface area contributed by atoms with Crippen molar-refractivity contribution in [2.24, 2.45) is 0 Å². The first-order chi connectivity index (χ1) is 9.43. The molecule has 2 N–H and O–H groups in total. The number of carbonyl (C=O) groups is 2. The smallest absolute Gasteiger partial charge is 0.303 e. The van der Waals surface area contributed by atoms with Crippen LogP contribution in [0.5, 0.6) is 5.75 Å². The topological polar surface area (TPSA) is 75.6 Å². The molecule has 1 amide bonds. The Labute approximate surface area is 118 Å². The summed E-state index contributed by atoms with van der Waals surface area (Å²) in [5.74, 6) is -0.494. The summed E-state index contributed by atoms with van der Waals surface area (Å²) in [6.07, 6.45) is 0.481. The number of methoxy groups -OCH3 is 1. The van der Waals surface area contributed by atoms with Gasteiger partial charge in [0, 0.05) is 12.5 Å². The van der Waals surface area contributed by atoms with Crippen LogP contribution in [0.4, 0.5) is 0 Å². The standard InChI is InChI=1S/C15H21NO4/c1-10(4-9-14(17)18)16-15(19)11(2)12-5-7-13(20-3)8-6-12/h5-8,10-11H,4,9H2,1-3H3,(H,16,19)(H,17,18). The van der Waals surface area contributed by atoms with E-state index in [0.29, 0.717) is 6.42 Å². The molecule has 0 saturated heterocycles. The highest BCUT2D eigenvalue weighted by atomic mass is 16.5. The molecule has 110 valence electrons. The van der Waals surface area contributed by atoms with Gasteiger partial charge in [0.15, 0.2) is 0 Å². The fourth-order valence-electron chi connectivity index (χ4n) is 1.82. The Bertz CT molecular complexity index is 455. The van der Waals surface area contributed by atoms with Crippen LogP contribution in [0.3, 0.4) is 0 Å². The minimum absolute atomic E-state index is 0.0539. The third-order valence-corrected chi connectivity index (χ3v) is 3.19. The molecule has 0 saturated carbocycles. The number of rotatable bonds is 7. The Kier molecular flexibility index (Phi) is 6.03. The Balaban J connectivity index is 2.55. The normalized spacial score (nSPS) is 13.3. The van der Waals surface area contributed by atoms with Crippen LogP contribution in [0.2, 0.25) is 0 Å². The molecule has 0 spiro atoms. The molecule has 1 rings (SSSR count). The van der Waals surface area contributed by atoms with Crippen molar-refractivity contribution >= 4 is 11.9 Å². The first-order valence-electron chi connectivity index (χ1n) is 6.60. The van der Waals surface area contributed by atoms with Crippen molar-refractivity contribution in [2.75, 3.05) is 7.11 Å². The number of ether oxygens (including phenoxy) is 1. The van der Waals surface area contributed by atoms with Crippen LogP contribution in [-0.4, -0.2) is 30.1 Å². The van der Waals surface area contributed by atoms with E-state index in [2.05, 4.69) is 5.32 Å². The zero-order valence-electron chi connectivity index (χ0n) is 12.1. The molecule has 2 atom stereocenters. The molecular formula is C15H21NO4. The molecule has 0 bridgehead atoms. The molecule has 1 aromatic rings. The van der Waals surface area contributed by atoms with Gasteiger partial charge < -0.3 is 15.2 Å². The summed E-state index contributed by atoms with van der Waals surface area (Å²) in [5.41, 5.74) is 0.897. The van der Waals surface area contributed by atoms with Crippen LogP contribution in [0.15, 0.2) is 24.3 Å². The van der Waals surface area contributed by atoms with E-state index in [1.807, 2.05) is 38.1 Å². The van der Waals surface area contributed by atoms with Gasteiger partial charge in [-0.3, -0.25) is 9.59 Å². The lowest BCUT2D eigenvalue weighted by Crippen LogP contribution is -2.35. The first-order valence-corrected chi connectivity index (χ1v) is 6.60. The maximum Gasteiger partial charge on any atom is 0.303 e. The van der Waals surface area contributed by atoms with Crippen LogP contribution < -0.4 is 10.1 Å². The molecule has 0 aliphatic heterocycles. The lowest BCUT2D eigenvalue weighted by atomic mass is 9.99. The number of hydrogen-bond donors (Lipinski definition) is 2. The summed E-state index contributed by atoms with van der Waals surface area (Å²) < 4.78 is 5.07. The Hall–Kier alpha value is -2.04. The molecule has 1 aromatic carbocycles. The number of benzene rings is 1. The number of nitrogens with one attached hydrogen (secondary N) is 1. The SMILES string of the molecule is COc1ccc(C(C)C(=O)NC(C)CCC(=O)O)cc1. The molecule has 0 aliphatic rings. The highest BCUT2D eigenvalue weighted by Gasteiger charge is 2.17. The van der Waals surface area contributed by atoms with Crippen molar-refractivity contribution in [1.82, 2.24) is 5.32 Å². The molecule has 0 heterocycles. The number of amides is 1. The second kappa shape index (κ2) is 7.53. The van der Waals surface area contributed by atoms with E-state index in [1.54, 1.807) is 7.11 Å². The van der Waals surface area contributed by atoms with Crippen molar-refractivity contribution in [3.63, 3.8) is 0 Å². The van der Waals surface area contributed by atoms with Gasteiger partial charge in [-0.25, -0.2) is 0 Å². The van der Waals surface area contributed by atoms with Gasteiger partial charge in [0.05, 0.1) is 13.0 Å².